The first-order valence-corrected chi connectivity index (χ1v) is 13.0. The maximum atomic E-state index is 12.4. The van der Waals surface area contributed by atoms with E-state index in [9.17, 15) is 4.79 Å². The predicted molar refractivity (Wildman–Crippen MR) is 81.3 cm³/mol. The molecule has 0 N–H and O–H groups in total. The van der Waals surface area contributed by atoms with Crippen LogP contribution in [-0.2, 0) is 4.79 Å². The quantitative estimate of drug-likeness (QED) is 0.745. The van der Waals surface area contributed by atoms with Crippen molar-refractivity contribution in [2.24, 2.45) is 0 Å². The van der Waals surface area contributed by atoms with Crippen LogP contribution in [0.4, 0.5) is 0 Å². The molecule has 0 aromatic heterocycles. The maximum absolute atomic E-state index is 12.4. The van der Waals surface area contributed by atoms with Gasteiger partial charge in [-0.2, -0.15) is 0 Å². The van der Waals surface area contributed by atoms with Crippen molar-refractivity contribution in [1.29, 1.82) is 0 Å². The Labute approximate surface area is 107 Å². The van der Waals surface area contributed by atoms with Gasteiger partial charge in [-0.1, -0.05) is 74.3 Å². The molecule has 0 radical (unpaired) electrons. The van der Waals surface area contributed by atoms with E-state index in [1.807, 2.05) is 18.2 Å². The van der Waals surface area contributed by atoms with Crippen LogP contribution in [0.25, 0.3) is 0 Å². The van der Waals surface area contributed by atoms with Gasteiger partial charge in [-0.25, -0.2) is 0 Å². The Hall–Kier alpha value is -0.676. The second-order valence-electron chi connectivity index (χ2n) is 6.47. The Morgan fingerprint density at radius 3 is 2.00 bits per heavy atom. The van der Waals surface area contributed by atoms with Crippen LogP contribution in [0.3, 0.4) is 0 Å². The summed E-state index contributed by atoms with van der Waals surface area (Å²) in [5, 5.41) is 1.77. The normalized spacial score (nSPS) is 12.5. The molecule has 0 spiro atoms. The van der Waals surface area contributed by atoms with Gasteiger partial charge in [-0.05, 0) is 6.42 Å². The molecule has 17 heavy (non-hydrogen) atoms. The van der Waals surface area contributed by atoms with Gasteiger partial charge >= 0.3 is 0 Å². The molecule has 0 fully saturated rings. The molecule has 1 nitrogen and oxygen atoms in total. The van der Waals surface area contributed by atoms with Crippen molar-refractivity contribution in [3.63, 3.8) is 0 Å². The molecule has 1 aromatic rings. The first-order valence-electron chi connectivity index (χ1n) is 6.32. The van der Waals surface area contributed by atoms with Gasteiger partial charge in [0.15, 0.2) is 8.07 Å². The van der Waals surface area contributed by atoms with Gasteiger partial charge in [0.2, 0.25) is 0 Å². The maximum Gasteiger partial charge on any atom is 0.157 e. The van der Waals surface area contributed by atoms with Crippen LogP contribution in [0.15, 0.2) is 30.3 Å². The van der Waals surface area contributed by atoms with Crippen LogP contribution in [-0.4, -0.2) is 21.6 Å². The molecule has 1 aromatic carbocycles. The first kappa shape index (κ1) is 14.4. The number of hydrogen-bond acceptors (Lipinski definition) is 1. The summed E-state index contributed by atoms with van der Waals surface area (Å²) in [4.78, 5) is 12.4. The smallest absolute Gasteiger partial charge is 0.157 e. The molecule has 0 aliphatic heterocycles. The van der Waals surface area contributed by atoms with E-state index in [-0.39, 0.29) is 0 Å². The van der Waals surface area contributed by atoms with Gasteiger partial charge < -0.3 is 4.79 Å². The fourth-order valence-electron chi connectivity index (χ4n) is 1.82. The highest BCUT2D eigenvalue weighted by Gasteiger charge is 2.32. The minimum Gasteiger partial charge on any atom is -0.305 e. The minimum atomic E-state index is -1.90. The summed E-state index contributed by atoms with van der Waals surface area (Å²) >= 11 is 0. The van der Waals surface area contributed by atoms with Crippen molar-refractivity contribution >= 4 is 26.7 Å². The summed E-state index contributed by atoms with van der Waals surface area (Å²) in [5.74, 6) is 0. The van der Waals surface area contributed by atoms with Crippen LogP contribution < -0.4 is 5.19 Å². The monoisotopic (exact) mass is 264 g/mol. The molecule has 0 heterocycles. The molecule has 0 atom stereocenters. The average molecular weight is 265 g/mol. The van der Waals surface area contributed by atoms with Crippen molar-refractivity contribution in [2.75, 3.05) is 0 Å². The molecule has 0 bridgehead atoms. The van der Waals surface area contributed by atoms with Gasteiger partial charge in [0.05, 0.1) is 0 Å². The fraction of sp³-hybridized carbons (Fsp3) is 0.500. The van der Waals surface area contributed by atoms with Crippen LogP contribution >= 0.6 is 0 Å². The van der Waals surface area contributed by atoms with Gasteiger partial charge in [0.1, 0.15) is 5.41 Å². The molecule has 0 amide bonds. The van der Waals surface area contributed by atoms with E-state index in [4.69, 9.17) is 0 Å². The van der Waals surface area contributed by atoms with Crippen molar-refractivity contribution < 1.29 is 4.79 Å². The number of benzene rings is 1. The Bertz CT molecular complexity index is 377. The van der Waals surface area contributed by atoms with Gasteiger partial charge in [-0.3, -0.25) is 0 Å². The zero-order valence-corrected chi connectivity index (χ0v) is 13.7. The zero-order chi connectivity index (χ0) is 13.1. The Morgan fingerprint density at radius 2 is 1.53 bits per heavy atom. The molecule has 0 saturated heterocycles. The second-order valence-corrected chi connectivity index (χ2v) is 16.5. The summed E-state index contributed by atoms with van der Waals surface area (Å²) in [7, 11) is -3.00. The van der Waals surface area contributed by atoms with Crippen LogP contribution in [0.2, 0.25) is 38.8 Å². The van der Waals surface area contributed by atoms with E-state index >= 15 is 0 Å². The van der Waals surface area contributed by atoms with Gasteiger partial charge in [-0.15, -0.1) is 0 Å². The standard InChI is InChI=1S/C14H24OSi2/c1-16(2,3)12-11-14(15)17(4,5)13-9-7-6-8-10-13/h6-10H,11-12H2,1-5H3. The van der Waals surface area contributed by atoms with E-state index in [1.54, 1.807) is 0 Å². The van der Waals surface area contributed by atoms with E-state index in [0.29, 0.717) is 5.41 Å². The summed E-state index contributed by atoms with van der Waals surface area (Å²) in [6.45, 7) is 11.3. The number of carbonyl (C=O) groups excluding carboxylic acids is 1. The highest BCUT2D eigenvalue weighted by molar-refractivity contribution is 7.13. The average Bonchev–Trinajstić information content (AvgIpc) is 2.26. The lowest BCUT2D eigenvalue weighted by molar-refractivity contribution is -0.112. The predicted octanol–water partition coefficient (Wildman–Crippen LogP) is 3.44. The fourth-order valence-corrected chi connectivity index (χ4v) is 5.14. The molecule has 0 unspecified atom stereocenters. The van der Waals surface area contributed by atoms with Crippen molar-refractivity contribution in [3.8, 4) is 0 Å². The lowest BCUT2D eigenvalue weighted by atomic mass is 10.4. The van der Waals surface area contributed by atoms with Gasteiger partial charge in [0.25, 0.3) is 0 Å². The summed E-state index contributed by atoms with van der Waals surface area (Å²) in [5.41, 5.74) is 0. The summed E-state index contributed by atoms with van der Waals surface area (Å²) in [6.07, 6.45) is 0.782. The number of rotatable bonds is 5. The lowest BCUT2D eigenvalue weighted by Crippen LogP contribution is -2.50. The molecular weight excluding hydrogens is 240 g/mol. The molecule has 0 saturated carbocycles. The number of hydrogen-bond donors (Lipinski definition) is 0. The van der Waals surface area contributed by atoms with Crippen molar-refractivity contribution in [3.05, 3.63) is 30.3 Å². The first-order chi connectivity index (χ1) is 7.73. The topological polar surface area (TPSA) is 17.1 Å². The third kappa shape index (κ3) is 4.24. The Balaban J connectivity index is 2.74. The molecular formula is C14H24OSi2. The van der Waals surface area contributed by atoms with Crippen molar-refractivity contribution in [1.82, 2.24) is 0 Å². The minimum absolute atomic E-state index is 0.506. The van der Waals surface area contributed by atoms with E-state index in [2.05, 4.69) is 44.9 Å². The molecule has 1 rings (SSSR count). The highest BCUT2D eigenvalue weighted by atomic mass is 28.3. The van der Waals surface area contributed by atoms with E-state index < -0.39 is 16.1 Å². The molecule has 0 aliphatic rings. The summed E-state index contributed by atoms with van der Waals surface area (Å²) in [6, 6.07) is 11.4. The van der Waals surface area contributed by atoms with Gasteiger partial charge in [0, 0.05) is 8.07 Å². The Kier molecular flexibility index (Phi) is 4.50. The lowest BCUT2D eigenvalue weighted by Gasteiger charge is -2.23. The van der Waals surface area contributed by atoms with Crippen LogP contribution in [0.1, 0.15) is 6.42 Å². The van der Waals surface area contributed by atoms with E-state index in [0.717, 1.165) is 12.5 Å². The zero-order valence-electron chi connectivity index (χ0n) is 11.7. The second kappa shape index (κ2) is 5.31. The molecule has 3 heteroatoms. The largest absolute Gasteiger partial charge is 0.305 e. The van der Waals surface area contributed by atoms with Crippen LogP contribution in [0, 0.1) is 0 Å². The highest BCUT2D eigenvalue weighted by Crippen LogP contribution is 2.15. The third-order valence-corrected chi connectivity index (χ3v) is 8.47. The third-order valence-electron chi connectivity index (χ3n) is 3.29. The van der Waals surface area contributed by atoms with Crippen LogP contribution in [0.5, 0.6) is 0 Å². The molecule has 0 aliphatic carbocycles. The number of carbonyl (C=O) groups is 1. The molecule has 94 valence electrons. The van der Waals surface area contributed by atoms with Crippen molar-refractivity contribution in [2.45, 2.75) is 45.2 Å². The SMILES string of the molecule is C[Si](C)(C)CCC(=O)[Si](C)(C)c1ccccc1. The summed E-state index contributed by atoms with van der Waals surface area (Å²) < 4.78 is 0. The Morgan fingerprint density at radius 1 is 1.00 bits per heavy atom. The van der Waals surface area contributed by atoms with E-state index in [1.165, 1.54) is 5.19 Å².